The van der Waals surface area contributed by atoms with Gasteiger partial charge in [0.05, 0.1) is 6.20 Å². The number of carboxylic acid groups (broad SMARTS) is 1. The minimum absolute atomic E-state index is 0.0840. The predicted molar refractivity (Wildman–Crippen MR) is 71.9 cm³/mol. The molecule has 2 N–H and O–H groups in total. The summed E-state index contributed by atoms with van der Waals surface area (Å²) in [6.45, 7) is 1.51. The van der Waals surface area contributed by atoms with Gasteiger partial charge < -0.3 is 5.11 Å². The highest BCUT2D eigenvalue weighted by molar-refractivity contribution is 7.92. The van der Waals surface area contributed by atoms with Gasteiger partial charge in [-0.2, -0.15) is 5.10 Å². The largest absolute Gasteiger partial charge is 0.480 e. The van der Waals surface area contributed by atoms with Crippen LogP contribution < -0.4 is 4.72 Å². The van der Waals surface area contributed by atoms with Crippen molar-refractivity contribution >= 4 is 21.7 Å². The zero-order chi connectivity index (χ0) is 14.8. The maximum Gasteiger partial charge on any atom is 0.325 e. The van der Waals surface area contributed by atoms with E-state index in [1.165, 1.54) is 6.20 Å². The number of rotatable bonds is 5. The number of carboxylic acids is 1. The van der Waals surface area contributed by atoms with Crippen LogP contribution in [0.1, 0.15) is 5.56 Å². The van der Waals surface area contributed by atoms with Crippen molar-refractivity contribution in [3.05, 3.63) is 42.2 Å². The van der Waals surface area contributed by atoms with Gasteiger partial charge in [-0.05, 0) is 19.1 Å². The molecule has 1 aromatic heterocycles. The minimum Gasteiger partial charge on any atom is -0.480 e. The molecule has 2 rings (SSSR count). The lowest BCUT2D eigenvalue weighted by molar-refractivity contribution is -0.137. The highest BCUT2D eigenvalue weighted by Crippen LogP contribution is 2.15. The number of benzene rings is 1. The van der Waals surface area contributed by atoms with Crippen LogP contribution in [0.15, 0.2) is 41.6 Å². The molecule has 0 aliphatic carbocycles. The lowest BCUT2D eigenvalue weighted by Gasteiger charge is -2.06. The Morgan fingerprint density at radius 3 is 2.60 bits per heavy atom. The summed E-state index contributed by atoms with van der Waals surface area (Å²) < 4.78 is 27.6. The number of aromatic nitrogens is 2. The third kappa shape index (κ3) is 3.35. The van der Waals surface area contributed by atoms with Gasteiger partial charge in [-0.25, -0.2) is 8.42 Å². The Kier molecular flexibility index (Phi) is 3.75. The van der Waals surface area contributed by atoms with Crippen LogP contribution in [0, 0.1) is 6.92 Å². The van der Waals surface area contributed by atoms with Crippen molar-refractivity contribution in [1.29, 1.82) is 0 Å². The average Bonchev–Trinajstić information content (AvgIpc) is 2.80. The summed E-state index contributed by atoms with van der Waals surface area (Å²) in [6, 6.07) is 6.86. The molecule has 2 aromatic rings. The van der Waals surface area contributed by atoms with Gasteiger partial charge in [0.1, 0.15) is 11.4 Å². The number of sulfonamides is 1. The van der Waals surface area contributed by atoms with E-state index < -0.39 is 16.0 Å². The molecular formula is C12H13N3O4S. The molecule has 0 aliphatic rings. The Balaban J connectivity index is 2.19. The molecule has 0 saturated carbocycles. The SMILES string of the molecule is Cc1ccc(NS(=O)(=O)c2cnn(CC(=O)O)c2)cc1. The molecule has 0 amide bonds. The second-order valence-corrected chi connectivity index (χ2v) is 5.92. The third-order valence-electron chi connectivity index (χ3n) is 2.52. The molecule has 0 spiro atoms. The van der Waals surface area contributed by atoms with Gasteiger partial charge in [-0.1, -0.05) is 17.7 Å². The summed E-state index contributed by atoms with van der Waals surface area (Å²) in [6.07, 6.45) is 2.28. The van der Waals surface area contributed by atoms with Crippen molar-refractivity contribution in [2.75, 3.05) is 4.72 Å². The maximum absolute atomic E-state index is 12.1. The summed E-state index contributed by atoms with van der Waals surface area (Å²) in [5.74, 6) is -1.09. The topological polar surface area (TPSA) is 101 Å². The molecule has 20 heavy (non-hydrogen) atoms. The molecule has 0 bridgehead atoms. The molecule has 0 radical (unpaired) electrons. The highest BCUT2D eigenvalue weighted by atomic mass is 32.2. The van der Waals surface area contributed by atoms with Gasteiger partial charge in [0, 0.05) is 11.9 Å². The van der Waals surface area contributed by atoms with Crippen molar-refractivity contribution in [3.8, 4) is 0 Å². The molecule has 0 aliphatic heterocycles. The average molecular weight is 295 g/mol. The first-order valence-corrected chi connectivity index (χ1v) is 7.19. The number of hydrogen-bond acceptors (Lipinski definition) is 4. The van der Waals surface area contributed by atoms with Crippen molar-refractivity contribution in [1.82, 2.24) is 9.78 Å². The second-order valence-electron chi connectivity index (χ2n) is 4.24. The first kappa shape index (κ1) is 14.1. The number of hydrogen-bond donors (Lipinski definition) is 2. The molecular weight excluding hydrogens is 282 g/mol. The fourth-order valence-electron chi connectivity index (χ4n) is 1.54. The molecule has 1 heterocycles. The number of nitrogens with zero attached hydrogens (tertiary/aromatic N) is 2. The van der Waals surface area contributed by atoms with E-state index in [9.17, 15) is 13.2 Å². The monoisotopic (exact) mass is 295 g/mol. The maximum atomic E-state index is 12.1. The van der Waals surface area contributed by atoms with Crippen LogP contribution in [0.25, 0.3) is 0 Å². The van der Waals surface area contributed by atoms with Crippen LogP contribution in [0.4, 0.5) is 5.69 Å². The summed E-state index contributed by atoms with van der Waals surface area (Å²) in [5.41, 5.74) is 1.45. The molecule has 7 nitrogen and oxygen atoms in total. The van der Waals surface area contributed by atoms with Crippen LogP contribution in [0.2, 0.25) is 0 Å². The lowest BCUT2D eigenvalue weighted by Crippen LogP contribution is -2.13. The highest BCUT2D eigenvalue weighted by Gasteiger charge is 2.17. The zero-order valence-corrected chi connectivity index (χ0v) is 11.5. The summed E-state index contributed by atoms with van der Waals surface area (Å²) >= 11 is 0. The lowest BCUT2D eigenvalue weighted by atomic mass is 10.2. The summed E-state index contributed by atoms with van der Waals surface area (Å²) in [5, 5.41) is 12.3. The van der Waals surface area contributed by atoms with E-state index in [4.69, 9.17) is 5.11 Å². The Bertz CT molecular complexity index is 719. The first-order chi connectivity index (χ1) is 9.37. The number of nitrogens with one attached hydrogen (secondary N) is 1. The van der Waals surface area contributed by atoms with Gasteiger partial charge >= 0.3 is 5.97 Å². The van der Waals surface area contributed by atoms with Crippen LogP contribution in [-0.4, -0.2) is 29.3 Å². The van der Waals surface area contributed by atoms with Crippen LogP contribution in [-0.2, 0) is 21.4 Å². The Morgan fingerprint density at radius 2 is 2.00 bits per heavy atom. The number of anilines is 1. The van der Waals surface area contributed by atoms with Gasteiger partial charge in [0.25, 0.3) is 10.0 Å². The summed E-state index contributed by atoms with van der Waals surface area (Å²) in [7, 11) is -3.77. The van der Waals surface area contributed by atoms with E-state index in [-0.39, 0.29) is 11.4 Å². The molecule has 0 saturated heterocycles. The minimum atomic E-state index is -3.77. The van der Waals surface area contributed by atoms with E-state index in [2.05, 4.69) is 9.82 Å². The molecule has 0 atom stereocenters. The van der Waals surface area contributed by atoms with Crippen molar-refractivity contribution in [3.63, 3.8) is 0 Å². The molecule has 1 aromatic carbocycles. The Morgan fingerprint density at radius 1 is 1.35 bits per heavy atom. The second kappa shape index (κ2) is 5.33. The van der Waals surface area contributed by atoms with Gasteiger partial charge in [0.15, 0.2) is 0 Å². The van der Waals surface area contributed by atoms with Crippen molar-refractivity contribution in [2.45, 2.75) is 18.4 Å². The van der Waals surface area contributed by atoms with E-state index >= 15 is 0 Å². The quantitative estimate of drug-likeness (QED) is 0.859. The van der Waals surface area contributed by atoms with Gasteiger partial charge in [0.2, 0.25) is 0 Å². The molecule has 0 unspecified atom stereocenters. The Hall–Kier alpha value is -2.35. The van der Waals surface area contributed by atoms with Gasteiger partial charge in [-0.3, -0.25) is 14.2 Å². The van der Waals surface area contributed by atoms with Crippen LogP contribution >= 0.6 is 0 Å². The summed E-state index contributed by atoms with van der Waals surface area (Å²) in [4.78, 5) is 10.4. The third-order valence-corrected chi connectivity index (χ3v) is 3.86. The predicted octanol–water partition coefficient (Wildman–Crippen LogP) is 1.08. The van der Waals surface area contributed by atoms with Crippen molar-refractivity contribution in [2.24, 2.45) is 0 Å². The van der Waals surface area contributed by atoms with Crippen LogP contribution in [0.5, 0.6) is 0 Å². The Labute approximate surface area is 115 Å². The van der Waals surface area contributed by atoms with E-state index in [1.807, 2.05) is 6.92 Å². The first-order valence-electron chi connectivity index (χ1n) is 5.70. The van der Waals surface area contributed by atoms with E-state index in [1.54, 1.807) is 24.3 Å². The number of carbonyl (C=O) groups is 1. The fraction of sp³-hybridized carbons (Fsp3) is 0.167. The fourth-order valence-corrected chi connectivity index (χ4v) is 2.55. The number of aryl methyl sites for hydroxylation is 1. The van der Waals surface area contributed by atoms with E-state index in [0.29, 0.717) is 5.69 Å². The standard InChI is InChI=1S/C12H13N3O4S/c1-9-2-4-10(5-3-9)14-20(18,19)11-6-13-15(7-11)8-12(16)17/h2-7,14H,8H2,1H3,(H,16,17). The molecule has 0 fully saturated rings. The van der Waals surface area contributed by atoms with Crippen LogP contribution in [0.3, 0.4) is 0 Å². The van der Waals surface area contributed by atoms with Crippen molar-refractivity contribution < 1.29 is 18.3 Å². The zero-order valence-electron chi connectivity index (χ0n) is 10.6. The smallest absolute Gasteiger partial charge is 0.325 e. The van der Waals surface area contributed by atoms with E-state index in [0.717, 1.165) is 16.4 Å². The normalized spacial score (nSPS) is 11.2. The molecule has 8 heteroatoms. The number of aliphatic carboxylic acids is 1. The molecule has 106 valence electrons. The van der Waals surface area contributed by atoms with Gasteiger partial charge in [-0.15, -0.1) is 0 Å².